The van der Waals surface area contributed by atoms with E-state index in [0.717, 1.165) is 10.2 Å². The van der Waals surface area contributed by atoms with Crippen LogP contribution >= 0.6 is 15.9 Å². The average Bonchev–Trinajstić information content (AvgIpc) is 2.16. The molecule has 0 aliphatic carbocycles. The first-order valence-corrected chi connectivity index (χ1v) is 5.31. The number of halogens is 1. The number of ether oxygens (including phenoxy) is 1. The van der Waals surface area contributed by atoms with Gasteiger partial charge in [-0.05, 0) is 41.9 Å². The lowest BCUT2D eigenvalue weighted by Gasteiger charge is -2.18. The third-order valence-corrected chi connectivity index (χ3v) is 2.42. The minimum atomic E-state index is -0.545. The van der Waals surface area contributed by atoms with E-state index in [1.807, 2.05) is 38.1 Å². The van der Waals surface area contributed by atoms with Crippen LogP contribution in [0.2, 0.25) is 0 Å². The van der Waals surface area contributed by atoms with Gasteiger partial charge in [-0.15, -0.1) is 0 Å². The van der Waals surface area contributed by atoms with Crippen LogP contribution in [-0.2, 0) is 4.79 Å². The van der Waals surface area contributed by atoms with Crippen LogP contribution in [0.3, 0.4) is 0 Å². The van der Waals surface area contributed by atoms with Gasteiger partial charge < -0.3 is 4.74 Å². The van der Waals surface area contributed by atoms with E-state index in [0.29, 0.717) is 6.61 Å². The lowest BCUT2D eigenvalue weighted by atomic mass is 10.1. The molecule has 0 spiro atoms. The van der Waals surface area contributed by atoms with Gasteiger partial charge in [-0.2, -0.15) is 4.99 Å². The number of aliphatic imine (C=N–C) groups is 1. The number of isocyanates is 1. The molecule has 0 fully saturated rings. The Bertz CT molecular complexity index is 384. The number of carbonyl (C=O) groups excluding carboxylic acids is 1. The summed E-state index contributed by atoms with van der Waals surface area (Å²) < 4.78 is 6.42. The topological polar surface area (TPSA) is 38.7 Å². The fourth-order valence-electron chi connectivity index (χ4n) is 0.972. The Morgan fingerprint density at radius 3 is 2.73 bits per heavy atom. The summed E-state index contributed by atoms with van der Waals surface area (Å²) in [4.78, 5) is 13.8. The molecule has 0 heterocycles. The minimum Gasteiger partial charge on any atom is -0.490 e. The Kier molecular flexibility index (Phi) is 4.06. The lowest BCUT2D eigenvalue weighted by molar-refractivity contribution is 0.243. The van der Waals surface area contributed by atoms with Crippen molar-refractivity contribution >= 4 is 22.0 Å². The number of rotatable bonds is 4. The molecule has 1 aromatic rings. The maximum Gasteiger partial charge on any atom is 0.235 e. The van der Waals surface area contributed by atoms with Gasteiger partial charge >= 0.3 is 0 Å². The van der Waals surface area contributed by atoms with E-state index in [1.165, 1.54) is 0 Å². The van der Waals surface area contributed by atoms with Gasteiger partial charge in [-0.25, -0.2) is 4.79 Å². The van der Waals surface area contributed by atoms with Crippen LogP contribution in [0.15, 0.2) is 33.7 Å². The summed E-state index contributed by atoms with van der Waals surface area (Å²) in [5.74, 6) is 0.742. The molecule has 0 atom stereocenters. The minimum absolute atomic E-state index is 0.338. The number of para-hydroxylation sites is 1. The van der Waals surface area contributed by atoms with Gasteiger partial charge in [-0.1, -0.05) is 12.1 Å². The second kappa shape index (κ2) is 5.10. The van der Waals surface area contributed by atoms with E-state index >= 15 is 0 Å². The molecular weight excluding hydrogens is 258 g/mol. The van der Waals surface area contributed by atoms with Gasteiger partial charge in [0.2, 0.25) is 6.08 Å². The molecule has 0 saturated carbocycles. The summed E-state index contributed by atoms with van der Waals surface area (Å²) >= 11 is 3.37. The van der Waals surface area contributed by atoms with Gasteiger partial charge in [0.25, 0.3) is 0 Å². The number of benzene rings is 1. The standard InChI is InChI=1S/C11H12BrNO2/c1-11(2,13-8-14)7-15-10-6-4-3-5-9(10)12/h3-6H,7H2,1-2H3. The molecule has 1 aromatic carbocycles. The maximum absolute atomic E-state index is 10.1. The Labute approximate surface area is 97.3 Å². The molecule has 3 nitrogen and oxygen atoms in total. The molecule has 0 radical (unpaired) electrons. The molecule has 0 unspecified atom stereocenters. The fourth-order valence-corrected chi connectivity index (χ4v) is 1.37. The second-order valence-electron chi connectivity index (χ2n) is 3.73. The SMILES string of the molecule is CC(C)(COc1ccccc1Br)N=C=O. The molecule has 0 aliphatic heterocycles. The van der Waals surface area contributed by atoms with Crippen LogP contribution < -0.4 is 4.74 Å². The first-order valence-electron chi connectivity index (χ1n) is 4.51. The van der Waals surface area contributed by atoms with E-state index in [1.54, 1.807) is 6.08 Å². The quantitative estimate of drug-likeness (QED) is 0.623. The van der Waals surface area contributed by atoms with Gasteiger partial charge in [0.1, 0.15) is 17.9 Å². The number of nitrogens with zero attached hydrogens (tertiary/aromatic N) is 1. The normalized spacial score (nSPS) is 10.6. The Morgan fingerprint density at radius 2 is 2.13 bits per heavy atom. The van der Waals surface area contributed by atoms with E-state index in [9.17, 15) is 4.79 Å². The predicted molar refractivity (Wildman–Crippen MR) is 61.8 cm³/mol. The first kappa shape index (κ1) is 12.0. The highest BCUT2D eigenvalue weighted by molar-refractivity contribution is 9.10. The summed E-state index contributed by atoms with van der Waals surface area (Å²) in [7, 11) is 0. The zero-order valence-corrected chi connectivity index (χ0v) is 10.2. The van der Waals surface area contributed by atoms with Crippen molar-refractivity contribution in [1.82, 2.24) is 0 Å². The van der Waals surface area contributed by atoms with Crippen molar-refractivity contribution in [3.63, 3.8) is 0 Å². The van der Waals surface area contributed by atoms with Crippen molar-refractivity contribution in [2.24, 2.45) is 4.99 Å². The molecule has 0 aromatic heterocycles. The van der Waals surface area contributed by atoms with Gasteiger partial charge in [0.15, 0.2) is 0 Å². The third-order valence-electron chi connectivity index (χ3n) is 1.77. The van der Waals surface area contributed by atoms with E-state index in [2.05, 4.69) is 20.9 Å². The zero-order valence-electron chi connectivity index (χ0n) is 8.66. The van der Waals surface area contributed by atoms with Crippen LogP contribution in [-0.4, -0.2) is 18.2 Å². The lowest BCUT2D eigenvalue weighted by Crippen LogP contribution is -2.26. The van der Waals surface area contributed by atoms with Crippen molar-refractivity contribution in [3.05, 3.63) is 28.7 Å². The number of hydrogen-bond donors (Lipinski definition) is 0. The Balaban J connectivity index is 2.65. The second-order valence-corrected chi connectivity index (χ2v) is 4.59. The molecule has 4 heteroatoms. The van der Waals surface area contributed by atoms with Crippen molar-refractivity contribution < 1.29 is 9.53 Å². The molecule has 0 N–H and O–H groups in total. The highest BCUT2D eigenvalue weighted by Crippen LogP contribution is 2.25. The molecule has 80 valence electrons. The molecule has 15 heavy (non-hydrogen) atoms. The molecule has 0 amide bonds. The summed E-state index contributed by atoms with van der Waals surface area (Å²) in [5, 5.41) is 0. The molecule has 0 saturated heterocycles. The van der Waals surface area contributed by atoms with Crippen LogP contribution in [0.4, 0.5) is 0 Å². The van der Waals surface area contributed by atoms with Crippen LogP contribution in [0.25, 0.3) is 0 Å². The average molecular weight is 270 g/mol. The molecule has 1 rings (SSSR count). The van der Waals surface area contributed by atoms with E-state index in [-0.39, 0.29) is 0 Å². The Morgan fingerprint density at radius 1 is 1.47 bits per heavy atom. The summed E-state index contributed by atoms with van der Waals surface area (Å²) in [6.45, 7) is 3.97. The largest absolute Gasteiger partial charge is 0.490 e. The first-order chi connectivity index (χ1) is 7.05. The van der Waals surface area contributed by atoms with Gasteiger partial charge in [0.05, 0.1) is 4.47 Å². The molecular formula is C11H12BrNO2. The van der Waals surface area contributed by atoms with Crippen LogP contribution in [0, 0.1) is 0 Å². The van der Waals surface area contributed by atoms with Gasteiger partial charge in [-0.3, -0.25) is 0 Å². The summed E-state index contributed by atoms with van der Waals surface area (Å²) in [5.41, 5.74) is -0.545. The third kappa shape index (κ3) is 3.86. The van der Waals surface area contributed by atoms with Gasteiger partial charge in [0, 0.05) is 0 Å². The van der Waals surface area contributed by atoms with E-state index in [4.69, 9.17) is 4.74 Å². The van der Waals surface area contributed by atoms with Crippen molar-refractivity contribution in [3.8, 4) is 5.75 Å². The maximum atomic E-state index is 10.1. The van der Waals surface area contributed by atoms with Crippen molar-refractivity contribution in [2.75, 3.05) is 6.61 Å². The highest BCUT2D eigenvalue weighted by Gasteiger charge is 2.17. The molecule has 0 aliphatic rings. The summed E-state index contributed by atoms with van der Waals surface area (Å²) in [6.07, 6.45) is 1.54. The fraction of sp³-hybridized carbons (Fsp3) is 0.364. The van der Waals surface area contributed by atoms with Crippen molar-refractivity contribution in [2.45, 2.75) is 19.4 Å². The zero-order chi connectivity index (χ0) is 11.3. The molecule has 0 bridgehead atoms. The monoisotopic (exact) mass is 269 g/mol. The van der Waals surface area contributed by atoms with Crippen molar-refractivity contribution in [1.29, 1.82) is 0 Å². The van der Waals surface area contributed by atoms with Crippen LogP contribution in [0.1, 0.15) is 13.8 Å². The predicted octanol–water partition coefficient (Wildman–Crippen LogP) is 2.94. The van der Waals surface area contributed by atoms with Crippen LogP contribution in [0.5, 0.6) is 5.75 Å². The van der Waals surface area contributed by atoms with E-state index < -0.39 is 5.54 Å². The number of hydrogen-bond acceptors (Lipinski definition) is 3. The Hall–Kier alpha value is -1.12. The summed E-state index contributed by atoms with van der Waals surface area (Å²) in [6, 6.07) is 7.54. The smallest absolute Gasteiger partial charge is 0.235 e. The highest BCUT2D eigenvalue weighted by atomic mass is 79.9.